The number of nitrogens with one attached hydrogen (secondary N) is 3. The molecule has 168 valence electrons. The number of hydrogen-bond donors (Lipinski definition) is 3. The molecule has 30 heavy (non-hydrogen) atoms. The van der Waals surface area contributed by atoms with Crippen molar-refractivity contribution in [2.75, 3.05) is 32.7 Å². The third kappa shape index (κ3) is 8.01. The second-order valence-corrected chi connectivity index (χ2v) is 8.58. The van der Waals surface area contributed by atoms with E-state index in [0.29, 0.717) is 25.2 Å². The van der Waals surface area contributed by atoms with Gasteiger partial charge in [-0.1, -0.05) is 26.2 Å². The summed E-state index contributed by atoms with van der Waals surface area (Å²) < 4.78 is 5.43. The fraction of sp³-hybridized carbons (Fsp3) is 0.739. The van der Waals surface area contributed by atoms with Gasteiger partial charge >= 0.3 is 0 Å². The summed E-state index contributed by atoms with van der Waals surface area (Å²) in [5.41, 5.74) is 0. The Morgan fingerprint density at radius 1 is 1.13 bits per heavy atom. The van der Waals surface area contributed by atoms with Gasteiger partial charge < -0.3 is 20.4 Å². The van der Waals surface area contributed by atoms with Crippen LogP contribution in [0, 0.1) is 0 Å². The largest absolute Gasteiger partial charge is 0.469 e. The van der Waals surface area contributed by atoms with E-state index in [9.17, 15) is 4.79 Å². The number of amides is 1. The molecule has 2 heterocycles. The van der Waals surface area contributed by atoms with Crippen LogP contribution < -0.4 is 16.0 Å². The van der Waals surface area contributed by atoms with Gasteiger partial charge in [0, 0.05) is 44.7 Å². The van der Waals surface area contributed by atoms with Gasteiger partial charge in [-0.15, -0.1) is 0 Å². The number of hydrogen-bond acceptors (Lipinski definition) is 4. The number of piperidine rings is 1. The summed E-state index contributed by atoms with van der Waals surface area (Å²) >= 11 is 0. The van der Waals surface area contributed by atoms with Crippen molar-refractivity contribution in [3.05, 3.63) is 24.2 Å². The highest BCUT2D eigenvalue weighted by atomic mass is 16.3. The van der Waals surface area contributed by atoms with E-state index in [2.05, 4.69) is 27.8 Å². The smallest absolute Gasteiger partial charge is 0.234 e. The quantitative estimate of drug-likeness (QED) is 0.425. The molecule has 3 N–H and O–H groups in total. The van der Waals surface area contributed by atoms with E-state index >= 15 is 0 Å². The predicted octanol–water partition coefficient (Wildman–Crippen LogP) is 2.68. The standard InChI is InChI=1S/C23H39N5O2/c1-2-13-24-22(29)18-28-15-11-20(12-16-28)27-23(26-19-7-4-3-5-8-19)25-14-10-21-9-6-17-30-21/h6,9,17,19-20H,2-5,7-8,10-16,18H2,1H3,(H,24,29)(H2,25,26,27). The van der Waals surface area contributed by atoms with Crippen molar-refractivity contribution < 1.29 is 9.21 Å². The zero-order valence-electron chi connectivity index (χ0n) is 18.5. The summed E-state index contributed by atoms with van der Waals surface area (Å²) in [7, 11) is 0. The van der Waals surface area contributed by atoms with E-state index < -0.39 is 0 Å². The molecular weight excluding hydrogens is 378 g/mol. The lowest BCUT2D eigenvalue weighted by Gasteiger charge is -2.33. The minimum Gasteiger partial charge on any atom is -0.469 e. The van der Waals surface area contributed by atoms with Gasteiger partial charge in [-0.25, -0.2) is 0 Å². The topological polar surface area (TPSA) is 81.9 Å². The number of aliphatic imine (C=N–C) groups is 1. The first-order chi connectivity index (χ1) is 14.7. The van der Waals surface area contributed by atoms with E-state index in [1.165, 1.54) is 32.1 Å². The monoisotopic (exact) mass is 417 g/mol. The van der Waals surface area contributed by atoms with Crippen LogP contribution in [0.4, 0.5) is 0 Å². The van der Waals surface area contributed by atoms with Crippen molar-refractivity contribution in [2.45, 2.75) is 76.8 Å². The predicted molar refractivity (Wildman–Crippen MR) is 121 cm³/mol. The molecule has 1 aliphatic carbocycles. The minimum atomic E-state index is 0.141. The maximum Gasteiger partial charge on any atom is 0.234 e. The number of rotatable bonds is 9. The summed E-state index contributed by atoms with van der Waals surface area (Å²) in [6.07, 6.45) is 12.0. The third-order valence-electron chi connectivity index (χ3n) is 6.02. The lowest BCUT2D eigenvalue weighted by Crippen LogP contribution is -2.52. The number of nitrogens with zero attached hydrogens (tertiary/aromatic N) is 2. The van der Waals surface area contributed by atoms with Gasteiger partial charge in [-0.2, -0.15) is 0 Å². The van der Waals surface area contributed by atoms with Crippen molar-refractivity contribution in [2.24, 2.45) is 4.99 Å². The van der Waals surface area contributed by atoms with Gasteiger partial charge in [-0.05, 0) is 44.2 Å². The number of carbonyl (C=O) groups excluding carboxylic acids is 1. The lowest BCUT2D eigenvalue weighted by atomic mass is 9.95. The average molecular weight is 418 g/mol. The molecule has 0 unspecified atom stereocenters. The molecule has 2 fully saturated rings. The van der Waals surface area contributed by atoms with E-state index in [1.807, 2.05) is 12.1 Å². The van der Waals surface area contributed by atoms with Crippen LogP contribution in [0.2, 0.25) is 0 Å². The molecule has 0 spiro atoms. The average Bonchev–Trinajstić information content (AvgIpc) is 3.28. The van der Waals surface area contributed by atoms with Gasteiger partial charge in [0.1, 0.15) is 5.76 Å². The molecule has 0 bridgehead atoms. The summed E-state index contributed by atoms with van der Waals surface area (Å²) in [5.74, 6) is 2.06. The normalized spacial score (nSPS) is 19.6. The van der Waals surface area contributed by atoms with Crippen LogP contribution in [0.3, 0.4) is 0 Å². The van der Waals surface area contributed by atoms with Crippen molar-refractivity contribution in [1.82, 2.24) is 20.9 Å². The Morgan fingerprint density at radius 3 is 2.53 bits per heavy atom. The maximum absolute atomic E-state index is 12.0. The lowest BCUT2D eigenvalue weighted by molar-refractivity contribution is -0.122. The first-order valence-corrected chi connectivity index (χ1v) is 11.8. The first-order valence-electron chi connectivity index (χ1n) is 11.8. The molecule has 3 rings (SSSR count). The second kappa shape index (κ2) is 12.6. The molecule has 1 saturated heterocycles. The summed E-state index contributed by atoms with van der Waals surface area (Å²) in [6, 6.07) is 4.85. The van der Waals surface area contributed by atoms with Gasteiger partial charge in [0.2, 0.25) is 5.91 Å². The molecule has 1 aromatic heterocycles. The minimum absolute atomic E-state index is 0.141. The fourth-order valence-corrected chi connectivity index (χ4v) is 4.26. The van der Waals surface area contributed by atoms with Crippen molar-refractivity contribution in [3.63, 3.8) is 0 Å². The summed E-state index contributed by atoms with van der Waals surface area (Å²) in [4.78, 5) is 19.1. The third-order valence-corrected chi connectivity index (χ3v) is 6.02. The van der Waals surface area contributed by atoms with E-state index in [4.69, 9.17) is 9.41 Å². The SMILES string of the molecule is CCCNC(=O)CN1CCC(NC(=NCCc2ccco2)NC2CCCCC2)CC1. The Morgan fingerprint density at radius 2 is 1.87 bits per heavy atom. The number of furan rings is 1. The molecule has 1 amide bonds. The van der Waals surface area contributed by atoms with E-state index in [0.717, 1.165) is 57.0 Å². The van der Waals surface area contributed by atoms with Crippen molar-refractivity contribution in [3.8, 4) is 0 Å². The molecule has 0 aromatic carbocycles. The molecule has 1 aromatic rings. The van der Waals surface area contributed by atoms with Crippen LogP contribution in [0.15, 0.2) is 27.8 Å². The zero-order valence-corrected chi connectivity index (χ0v) is 18.5. The van der Waals surface area contributed by atoms with Gasteiger partial charge in [0.25, 0.3) is 0 Å². The van der Waals surface area contributed by atoms with Crippen LogP contribution in [0.5, 0.6) is 0 Å². The summed E-state index contributed by atoms with van der Waals surface area (Å²) in [6.45, 7) is 5.96. The first kappa shape index (κ1) is 22.7. The highest BCUT2D eigenvalue weighted by molar-refractivity contribution is 5.80. The van der Waals surface area contributed by atoms with E-state index in [1.54, 1.807) is 6.26 Å². The highest BCUT2D eigenvalue weighted by Gasteiger charge is 2.22. The van der Waals surface area contributed by atoms with Gasteiger partial charge in [0.15, 0.2) is 5.96 Å². The molecule has 2 aliphatic rings. The van der Waals surface area contributed by atoms with E-state index in [-0.39, 0.29) is 5.91 Å². The Hall–Kier alpha value is -2.02. The Kier molecular flexibility index (Phi) is 9.54. The van der Waals surface area contributed by atoms with Crippen molar-refractivity contribution >= 4 is 11.9 Å². The molecule has 0 radical (unpaired) electrons. The van der Waals surface area contributed by atoms with Crippen LogP contribution in [-0.2, 0) is 11.2 Å². The number of guanidine groups is 1. The van der Waals surface area contributed by atoms with Crippen LogP contribution >= 0.6 is 0 Å². The molecule has 1 saturated carbocycles. The number of carbonyl (C=O) groups is 1. The van der Waals surface area contributed by atoms with Gasteiger partial charge in [-0.3, -0.25) is 14.7 Å². The molecular formula is C23H39N5O2. The molecule has 7 heteroatoms. The Bertz CT molecular complexity index is 632. The fourth-order valence-electron chi connectivity index (χ4n) is 4.26. The van der Waals surface area contributed by atoms with Crippen LogP contribution in [-0.4, -0.2) is 61.6 Å². The van der Waals surface area contributed by atoms with Crippen LogP contribution in [0.1, 0.15) is 64.1 Å². The Labute approximate surface area is 181 Å². The second-order valence-electron chi connectivity index (χ2n) is 8.58. The van der Waals surface area contributed by atoms with Crippen LogP contribution in [0.25, 0.3) is 0 Å². The Balaban J connectivity index is 1.46. The molecule has 1 aliphatic heterocycles. The highest BCUT2D eigenvalue weighted by Crippen LogP contribution is 2.17. The molecule has 7 nitrogen and oxygen atoms in total. The number of likely N-dealkylation sites (tertiary alicyclic amines) is 1. The molecule has 0 atom stereocenters. The summed E-state index contributed by atoms with van der Waals surface area (Å²) in [5, 5.41) is 10.3. The zero-order chi connectivity index (χ0) is 21.0. The van der Waals surface area contributed by atoms with Crippen molar-refractivity contribution in [1.29, 1.82) is 0 Å². The van der Waals surface area contributed by atoms with Gasteiger partial charge in [0.05, 0.1) is 12.8 Å². The maximum atomic E-state index is 12.0.